The van der Waals surface area contributed by atoms with E-state index in [1.165, 1.54) is 21.3 Å². The van der Waals surface area contributed by atoms with E-state index < -0.39 is 5.97 Å². The zero-order valence-electron chi connectivity index (χ0n) is 19.3. The van der Waals surface area contributed by atoms with E-state index in [4.69, 9.17) is 23.9 Å². The van der Waals surface area contributed by atoms with Crippen molar-refractivity contribution in [2.24, 2.45) is 0 Å². The second kappa shape index (κ2) is 10.6. The van der Waals surface area contributed by atoms with Gasteiger partial charge in [-0.25, -0.2) is 9.78 Å². The van der Waals surface area contributed by atoms with Gasteiger partial charge < -0.3 is 18.9 Å². The summed E-state index contributed by atoms with van der Waals surface area (Å²) >= 11 is 3.34. The average molecular weight is 536 g/mol. The molecule has 0 unspecified atom stereocenters. The number of aromatic nitrogens is 1. The van der Waals surface area contributed by atoms with Crippen LogP contribution in [0.25, 0.3) is 22.2 Å². The molecule has 0 aliphatic rings. The summed E-state index contributed by atoms with van der Waals surface area (Å²) in [6, 6.07) is 19.3. The molecular weight excluding hydrogens is 514 g/mol. The quantitative estimate of drug-likeness (QED) is 0.210. The summed E-state index contributed by atoms with van der Waals surface area (Å²) in [5.41, 5.74) is 2.51. The molecule has 0 atom stereocenters. The lowest BCUT2D eigenvalue weighted by atomic mass is 10.0. The van der Waals surface area contributed by atoms with Crippen LogP contribution in [-0.4, -0.2) is 44.7 Å². The van der Waals surface area contributed by atoms with Crippen molar-refractivity contribution in [3.63, 3.8) is 0 Å². The zero-order valence-corrected chi connectivity index (χ0v) is 20.9. The molecule has 0 saturated heterocycles. The van der Waals surface area contributed by atoms with Crippen molar-refractivity contribution in [1.82, 2.24) is 4.98 Å². The number of Topliss-reactive ketones (excluding diaryl/α,β-unsaturated/α-hetero) is 1. The highest BCUT2D eigenvalue weighted by Gasteiger charge is 2.20. The third kappa shape index (κ3) is 5.12. The summed E-state index contributed by atoms with van der Waals surface area (Å²) in [6.07, 6.45) is 0. The SMILES string of the molecule is COc1cc(-c2cc(C(=O)OCC(=O)c3cccc(Br)c3)c3ccccc3n2)cc(OC)c1OC. The van der Waals surface area contributed by atoms with Gasteiger partial charge in [-0.3, -0.25) is 4.79 Å². The van der Waals surface area contributed by atoms with Crippen molar-refractivity contribution in [2.45, 2.75) is 0 Å². The Morgan fingerprint density at radius 2 is 1.57 bits per heavy atom. The Labute approximate surface area is 210 Å². The highest BCUT2D eigenvalue weighted by atomic mass is 79.9. The smallest absolute Gasteiger partial charge is 0.339 e. The summed E-state index contributed by atoms with van der Waals surface area (Å²) in [6.45, 7) is -0.383. The van der Waals surface area contributed by atoms with Gasteiger partial charge in [-0.2, -0.15) is 0 Å². The number of nitrogens with zero attached hydrogens (tertiary/aromatic N) is 1. The number of hydrogen-bond acceptors (Lipinski definition) is 7. The van der Waals surface area contributed by atoms with Crippen molar-refractivity contribution in [1.29, 1.82) is 0 Å². The van der Waals surface area contributed by atoms with Gasteiger partial charge in [0, 0.05) is 21.0 Å². The number of rotatable bonds is 8. The minimum absolute atomic E-state index is 0.293. The van der Waals surface area contributed by atoms with Gasteiger partial charge in [0.15, 0.2) is 23.9 Å². The molecule has 0 aliphatic heterocycles. The van der Waals surface area contributed by atoms with Crippen LogP contribution < -0.4 is 14.2 Å². The largest absolute Gasteiger partial charge is 0.493 e. The predicted molar refractivity (Wildman–Crippen MR) is 136 cm³/mol. The molecule has 0 radical (unpaired) electrons. The molecule has 35 heavy (non-hydrogen) atoms. The van der Waals surface area contributed by atoms with Crippen LogP contribution in [0.2, 0.25) is 0 Å². The summed E-state index contributed by atoms with van der Waals surface area (Å²) in [7, 11) is 4.58. The van der Waals surface area contributed by atoms with Gasteiger partial charge in [-0.15, -0.1) is 0 Å². The van der Waals surface area contributed by atoms with Crippen LogP contribution in [0.15, 0.2) is 71.2 Å². The molecular formula is C27H22BrNO6. The molecule has 3 aromatic carbocycles. The normalized spacial score (nSPS) is 10.6. The van der Waals surface area contributed by atoms with E-state index in [0.717, 1.165) is 4.47 Å². The monoisotopic (exact) mass is 535 g/mol. The lowest BCUT2D eigenvalue weighted by Crippen LogP contribution is -2.15. The van der Waals surface area contributed by atoms with E-state index in [-0.39, 0.29) is 12.4 Å². The predicted octanol–water partition coefficient (Wildman–Crippen LogP) is 5.73. The second-order valence-corrected chi connectivity index (χ2v) is 8.41. The third-order valence-electron chi connectivity index (χ3n) is 5.38. The lowest BCUT2D eigenvalue weighted by Gasteiger charge is -2.15. The van der Waals surface area contributed by atoms with Gasteiger partial charge in [0.1, 0.15) is 0 Å². The second-order valence-electron chi connectivity index (χ2n) is 7.50. The number of halogens is 1. The number of esters is 1. The third-order valence-corrected chi connectivity index (χ3v) is 5.87. The summed E-state index contributed by atoms with van der Waals surface area (Å²) in [5.74, 6) is 0.440. The van der Waals surface area contributed by atoms with E-state index >= 15 is 0 Å². The molecule has 1 aromatic heterocycles. The minimum Gasteiger partial charge on any atom is -0.493 e. The van der Waals surface area contributed by atoms with E-state index in [1.807, 2.05) is 18.2 Å². The van der Waals surface area contributed by atoms with Gasteiger partial charge in [0.2, 0.25) is 5.75 Å². The van der Waals surface area contributed by atoms with Crippen LogP contribution in [0.4, 0.5) is 0 Å². The number of ether oxygens (including phenoxy) is 4. The highest BCUT2D eigenvalue weighted by Crippen LogP contribution is 2.41. The molecule has 0 fully saturated rings. The van der Waals surface area contributed by atoms with E-state index in [2.05, 4.69) is 15.9 Å². The van der Waals surface area contributed by atoms with Crippen molar-refractivity contribution in [2.75, 3.05) is 27.9 Å². The maximum Gasteiger partial charge on any atom is 0.339 e. The van der Waals surface area contributed by atoms with Crippen LogP contribution in [0.3, 0.4) is 0 Å². The van der Waals surface area contributed by atoms with E-state index in [0.29, 0.717) is 50.5 Å². The first-order chi connectivity index (χ1) is 16.9. The lowest BCUT2D eigenvalue weighted by molar-refractivity contribution is 0.0476. The van der Waals surface area contributed by atoms with Gasteiger partial charge in [-0.05, 0) is 36.4 Å². The average Bonchev–Trinajstić information content (AvgIpc) is 2.89. The number of benzene rings is 3. The summed E-state index contributed by atoms with van der Waals surface area (Å²) in [5, 5.41) is 0.614. The molecule has 4 rings (SSSR count). The molecule has 0 saturated carbocycles. The standard InChI is InChI=1S/C27H22BrNO6/c1-32-24-12-17(13-25(33-2)26(24)34-3)22-14-20(19-9-4-5-10-21(19)29-22)27(31)35-15-23(30)16-7-6-8-18(28)11-16/h4-14H,15H2,1-3H3. The molecule has 8 heteroatoms. The number of methoxy groups -OCH3 is 3. The maximum absolute atomic E-state index is 13.1. The number of carbonyl (C=O) groups excluding carboxylic acids is 2. The van der Waals surface area contributed by atoms with Crippen LogP contribution >= 0.6 is 15.9 Å². The first-order valence-corrected chi connectivity index (χ1v) is 11.4. The molecule has 0 N–H and O–H groups in total. The molecule has 7 nitrogen and oxygen atoms in total. The highest BCUT2D eigenvalue weighted by molar-refractivity contribution is 9.10. The zero-order chi connectivity index (χ0) is 24.9. The number of pyridine rings is 1. The van der Waals surface area contributed by atoms with Gasteiger partial charge in [-0.1, -0.05) is 46.3 Å². The Balaban J connectivity index is 1.71. The topological polar surface area (TPSA) is 84.0 Å². The fourth-order valence-electron chi connectivity index (χ4n) is 3.68. The van der Waals surface area contributed by atoms with Crippen LogP contribution in [0.5, 0.6) is 17.2 Å². The number of fused-ring (bicyclic) bond motifs is 1. The minimum atomic E-state index is -0.624. The Kier molecular flexibility index (Phi) is 7.31. The van der Waals surface area contributed by atoms with Crippen LogP contribution in [-0.2, 0) is 4.74 Å². The van der Waals surface area contributed by atoms with E-state index in [9.17, 15) is 9.59 Å². The molecule has 1 heterocycles. The Morgan fingerprint density at radius 1 is 0.857 bits per heavy atom. The number of hydrogen-bond donors (Lipinski definition) is 0. The Bertz CT molecular complexity index is 1390. The van der Waals surface area contributed by atoms with Crippen LogP contribution in [0.1, 0.15) is 20.7 Å². The maximum atomic E-state index is 13.1. The van der Waals surface area contributed by atoms with Crippen molar-refractivity contribution in [3.05, 3.63) is 82.3 Å². The fraction of sp³-hybridized carbons (Fsp3) is 0.148. The number of para-hydroxylation sites is 1. The molecule has 4 aromatic rings. The van der Waals surface area contributed by atoms with Crippen molar-refractivity contribution < 1.29 is 28.5 Å². The number of carbonyl (C=O) groups is 2. The van der Waals surface area contributed by atoms with Gasteiger partial charge >= 0.3 is 5.97 Å². The first kappa shape index (κ1) is 24.2. The fourth-order valence-corrected chi connectivity index (χ4v) is 4.07. The Hall–Kier alpha value is -3.91. The molecule has 0 spiro atoms. The molecule has 178 valence electrons. The Morgan fingerprint density at radius 3 is 2.23 bits per heavy atom. The van der Waals surface area contributed by atoms with Crippen molar-refractivity contribution >= 4 is 38.6 Å². The molecule has 0 amide bonds. The van der Waals surface area contributed by atoms with Gasteiger partial charge in [0.25, 0.3) is 0 Å². The molecule has 0 bridgehead atoms. The molecule has 0 aliphatic carbocycles. The van der Waals surface area contributed by atoms with Crippen molar-refractivity contribution in [3.8, 4) is 28.5 Å². The first-order valence-electron chi connectivity index (χ1n) is 10.6. The number of ketones is 1. The van der Waals surface area contributed by atoms with Crippen LogP contribution in [0, 0.1) is 0 Å². The summed E-state index contributed by atoms with van der Waals surface area (Å²) in [4.78, 5) is 30.4. The van der Waals surface area contributed by atoms with E-state index in [1.54, 1.807) is 48.5 Å². The van der Waals surface area contributed by atoms with Gasteiger partial charge in [0.05, 0.1) is 38.1 Å². The summed E-state index contributed by atoms with van der Waals surface area (Å²) < 4.78 is 22.5.